The zero-order valence-corrected chi connectivity index (χ0v) is 10.6. The van der Waals surface area contributed by atoms with Gasteiger partial charge >= 0.3 is 6.36 Å². The zero-order valence-electron chi connectivity index (χ0n) is 10.6. The molecule has 2 rings (SSSR count). The smallest absolute Gasteiger partial charge is 0.404 e. The molecule has 1 heterocycles. The summed E-state index contributed by atoms with van der Waals surface area (Å²) in [5.41, 5.74) is 6.17. The molecule has 1 fully saturated rings. The molecule has 106 valence electrons. The van der Waals surface area contributed by atoms with E-state index in [4.69, 9.17) is 5.73 Å². The number of anilines is 2. The van der Waals surface area contributed by atoms with Crippen molar-refractivity contribution in [3.05, 3.63) is 18.2 Å². The fraction of sp³-hybridized carbons (Fsp3) is 0.500. The molecule has 0 aromatic heterocycles. The van der Waals surface area contributed by atoms with E-state index in [0.717, 1.165) is 26.2 Å². The van der Waals surface area contributed by atoms with E-state index in [1.54, 1.807) is 6.07 Å². The minimum absolute atomic E-state index is 0.0183. The van der Waals surface area contributed by atoms with E-state index < -0.39 is 6.36 Å². The van der Waals surface area contributed by atoms with E-state index in [1.807, 2.05) is 11.9 Å². The molecule has 0 saturated carbocycles. The number of hydrogen-bond acceptors (Lipinski definition) is 4. The maximum Gasteiger partial charge on any atom is 0.573 e. The molecular weight excluding hydrogens is 259 g/mol. The van der Waals surface area contributed by atoms with Crippen LogP contribution in [-0.2, 0) is 0 Å². The van der Waals surface area contributed by atoms with Crippen LogP contribution in [0.4, 0.5) is 24.5 Å². The average Bonchev–Trinajstić information content (AvgIpc) is 2.31. The number of halogens is 3. The molecule has 0 unspecified atom stereocenters. The molecule has 0 atom stereocenters. The van der Waals surface area contributed by atoms with Gasteiger partial charge in [-0.15, -0.1) is 13.2 Å². The van der Waals surface area contributed by atoms with E-state index in [2.05, 4.69) is 9.64 Å². The van der Waals surface area contributed by atoms with Gasteiger partial charge in [-0.05, 0) is 19.2 Å². The second-order valence-corrected chi connectivity index (χ2v) is 4.56. The van der Waals surface area contributed by atoms with Crippen LogP contribution >= 0.6 is 0 Å². The Morgan fingerprint density at radius 3 is 2.37 bits per heavy atom. The van der Waals surface area contributed by atoms with Gasteiger partial charge in [-0.25, -0.2) is 0 Å². The van der Waals surface area contributed by atoms with Crippen molar-refractivity contribution in [2.75, 3.05) is 43.9 Å². The lowest BCUT2D eigenvalue weighted by Gasteiger charge is -2.34. The molecule has 0 bridgehead atoms. The number of benzene rings is 1. The predicted molar refractivity (Wildman–Crippen MR) is 67.2 cm³/mol. The predicted octanol–water partition coefficient (Wildman–Crippen LogP) is 1.92. The lowest BCUT2D eigenvalue weighted by atomic mass is 10.2. The van der Waals surface area contributed by atoms with Crippen LogP contribution in [0.1, 0.15) is 0 Å². The first kappa shape index (κ1) is 13.8. The largest absolute Gasteiger partial charge is 0.573 e. The van der Waals surface area contributed by atoms with Crippen LogP contribution < -0.4 is 15.4 Å². The molecule has 0 spiro atoms. The second kappa shape index (κ2) is 5.16. The lowest BCUT2D eigenvalue weighted by Crippen LogP contribution is -2.44. The van der Waals surface area contributed by atoms with Crippen molar-refractivity contribution in [2.24, 2.45) is 0 Å². The van der Waals surface area contributed by atoms with Crippen LogP contribution in [0.15, 0.2) is 18.2 Å². The quantitative estimate of drug-likeness (QED) is 0.837. The summed E-state index contributed by atoms with van der Waals surface area (Å²) < 4.78 is 40.7. The number of nitrogens with zero attached hydrogens (tertiary/aromatic N) is 2. The molecule has 1 aliphatic heterocycles. The van der Waals surface area contributed by atoms with E-state index in [-0.39, 0.29) is 11.4 Å². The molecule has 0 radical (unpaired) electrons. The standard InChI is InChI=1S/C12H16F3N3O/c1-17-4-6-18(7-5-17)9-2-3-10(16)11(8-9)19-12(13,14)15/h2-3,8H,4-7,16H2,1H3. The van der Waals surface area contributed by atoms with Crippen molar-refractivity contribution in [2.45, 2.75) is 6.36 Å². The van der Waals surface area contributed by atoms with Crippen molar-refractivity contribution in [3.63, 3.8) is 0 Å². The van der Waals surface area contributed by atoms with Crippen LogP contribution in [0, 0.1) is 0 Å². The van der Waals surface area contributed by atoms with Crippen LogP contribution in [0.2, 0.25) is 0 Å². The SMILES string of the molecule is CN1CCN(c2ccc(N)c(OC(F)(F)F)c2)CC1. The van der Waals surface area contributed by atoms with Gasteiger partial charge in [-0.2, -0.15) is 0 Å². The third kappa shape index (κ3) is 3.66. The van der Waals surface area contributed by atoms with E-state index in [9.17, 15) is 13.2 Å². The highest BCUT2D eigenvalue weighted by Crippen LogP contribution is 2.32. The third-order valence-electron chi connectivity index (χ3n) is 3.09. The molecule has 1 aliphatic rings. The third-order valence-corrected chi connectivity index (χ3v) is 3.09. The Balaban J connectivity index is 2.16. The van der Waals surface area contributed by atoms with E-state index in [1.165, 1.54) is 12.1 Å². The Labute approximate surface area is 109 Å². The molecule has 4 nitrogen and oxygen atoms in total. The lowest BCUT2D eigenvalue weighted by molar-refractivity contribution is -0.274. The number of alkyl halides is 3. The summed E-state index contributed by atoms with van der Waals surface area (Å²) in [5.74, 6) is -0.344. The topological polar surface area (TPSA) is 41.7 Å². The first-order valence-electron chi connectivity index (χ1n) is 5.94. The number of likely N-dealkylation sites (N-methyl/N-ethyl adjacent to an activating group) is 1. The summed E-state index contributed by atoms with van der Waals surface area (Å²) in [4.78, 5) is 4.18. The van der Waals surface area contributed by atoms with Crippen molar-refractivity contribution in [1.29, 1.82) is 0 Å². The zero-order chi connectivity index (χ0) is 14.0. The van der Waals surface area contributed by atoms with E-state index in [0.29, 0.717) is 5.69 Å². The summed E-state index contributed by atoms with van der Waals surface area (Å²) >= 11 is 0. The van der Waals surface area contributed by atoms with E-state index >= 15 is 0 Å². The van der Waals surface area contributed by atoms with Crippen molar-refractivity contribution >= 4 is 11.4 Å². The van der Waals surface area contributed by atoms with Crippen LogP contribution in [0.25, 0.3) is 0 Å². The Hall–Kier alpha value is -1.63. The number of ether oxygens (including phenoxy) is 1. The number of nitrogen functional groups attached to an aromatic ring is 1. The fourth-order valence-corrected chi connectivity index (χ4v) is 2.00. The van der Waals surface area contributed by atoms with Gasteiger partial charge in [-0.3, -0.25) is 0 Å². The van der Waals surface area contributed by atoms with Crippen LogP contribution in [0.3, 0.4) is 0 Å². The number of piperazine rings is 1. The van der Waals surface area contributed by atoms with Gasteiger partial charge in [0.25, 0.3) is 0 Å². The Morgan fingerprint density at radius 2 is 1.79 bits per heavy atom. The fourth-order valence-electron chi connectivity index (χ4n) is 2.00. The molecule has 19 heavy (non-hydrogen) atoms. The monoisotopic (exact) mass is 275 g/mol. The Bertz CT molecular complexity index is 442. The normalized spacial score (nSPS) is 17.6. The van der Waals surface area contributed by atoms with Gasteiger partial charge in [0.05, 0.1) is 5.69 Å². The molecule has 1 saturated heterocycles. The van der Waals surface area contributed by atoms with Crippen LogP contribution in [0.5, 0.6) is 5.75 Å². The second-order valence-electron chi connectivity index (χ2n) is 4.56. The number of nitrogens with two attached hydrogens (primary N) is 1. The highest BCUT2D eigenvalue weighted by molar-refractivity contribution is 5.62. The van der Waals surface area contributed by atoms with Crippen molar-refractivity contribution in [1.82, 2.24) is 4.90 Å². The van der Waals surface area contributed by atoms with Gasteiger partial charge in [0, 0.05) is 37.9 Å². The maximum absolute atomic E-state index is 12.2. The molecule has 1 aromatic carbocycles. The summed E-state index contributed by atoms with van der Waals surface area (Å²) in [6.45, 7) is 3.29. The van der Waals surface area contributed by atoms with Gasteiger partial charge in [0.15, 0.2) is 5.75 Å². The molecule has 1 aromatic rings. The molecule has 2 N–H and O–H groups in total. The summed E-state index contributed by atoms with van der Waals surface area (Å²) in [6, 6.07) is 4.49. The molecule has 7 heteroatoms. The van der Waals surface area contributed by atoms with Gasteiger partial charge in [-0.1, -0.05) is 0 Å². The maximum atomic E-state index is 12.2. The highest BCUT2D eigenvalue weighted by atomic mass is 19.4. The Morgan fingerprint density at radius 1 is 1.16 bits per heavy atom. The van der Waals surface area contributed by atoms with Gasteiger partial charge < -0.3 is 20.3 Å². The first-order valence-corrected chi connectivity index (χ1v) is 5.94. The van der Waals surface area contributed by atoms with Gasteiger partial charge in [0.2, 0.25) is 0 Å². The van der Waals surface area contributed by atoms with Gasteiger partial charge in [0.1, 0.15) is 0 Å². The number of hydrogen-bond donors (Lipinski definition) is 1. The molecular formula is C12H16F3N3O. The number of rotatable bonds is 2. The minimum atomic E-state index is -4.73. The van der Waals surface area contributed by atoms with Crippen molar-refractivity contribution in [3.8, 4) is 5.75 Å². The minimum Gasteiger partial charge on any atom is -0.404 e. The van der Waals surface area contributed by atoms with Crippen molar-refractivity contribution < 1.29 is 17.9 Å². The summed E-state index contributed by atoms with van der Waals surface area (Å²) in [7, 11) is 2.01. The average molecular weight is 275 g/mol. The Kier molecular flexibility index (Phi) is 3.75. The molecule has 0 aliphatic carbocycles. The highest BCUT2D eigenvalue weighted by Gasteiger charge is 2.32. The first-order chi connectivity index (χ1) is 8.85. The molecule has 0 amide bonds. The summed E-state index contributed by atoms with van der Waals surface area (Å²) in [5, 5.41) is 0. The van der Waals surface area contributed by atoms with Crippen LogP contribution in [-0.4, -0.2) is 44.5 Å². The summed E-state index contributed by atoms with van der Waals surface area (Å²) in [6.07, 6.45) is -4.73.